The van der Waals surface area contributed by atoms with Gasteiger partial charge in [0.25, 0.3) is 0 Å². The molecular formula is C26H34O6. The summed E-state index contributed by atoms with van der Waals surface area (Å²) in [5, 5.41) is 9.56. The average molecular weight is 443 g/mol. The highest BCUT2D eigenvalue weighted by molar-refractivity contribution is 5.73. The minimum atomic E-state index is -0.344. The van der Waals surface area contributed by atoms with Gasteiger partial charge in [-0.05, 0) is 53.6 Å². The summed E-state index contributed by atoms with van der Waals surface area (Å²) >= 11 is 0. The number of aliphatic hydroxyl groups excluding tert-OH is 1. The first-order valence-corrected chi connectivity index (χ1v) is 11.1. The second kappa shape index (κ2) is 11.2. The van der Waals surface area contributed by atoms with Crippen LogP contribution in [0.1, 0.15) is 43.4 Å². The van der Waals surface area contributed by atoms with Crippen LogP contribution in [-0.4, -0.2) is 45.4 Å². The summed E-state index contributed by atoms with van der Waals surface area (Å²) in [6, 6.07) is 9.99. The Balaban J connectivity index is 1.82. The van der Waals surface area contributed by atoms with E-state index >= 15 is 0 Å². The number of methoxy groups -OCH3 is 3. The van der Waals surface area contributed by atoms with E-state index < -0.39 is 0 Å². The van der Waals surface area contributed by atoms with Gasteiger partial charge in [-0.2, -0.15) is 0 Å². The molecule has 6 nitrogen and oxygen atoms in total. The maximum absolute atomic E-state index is 9.56. The van der Waals surface area contributed by atoms with Crippen molar-refractivity contribution in [1.82, 2.24) is 0 Å². The van der Waals surface area contributed by atoms with E-state index in [0.717, 1.165) is 41.7 Å². The molecule has 6 heteroatoms. The number of hydrogen-bond donors (Lipinski definition) is 1. The molecule has 0 aliphatic carbocycles. The Morgan fingerprint density at radius 3 is 2.19 bits per heavy atom. The van der Waals surface area contributed by atoms with Gasteiger partial charge in [-0.1, -0.05) is 38.1 Å². The van der Waals surface area contributed by atoms with E-state index in [1.54, 1.807) is 21.3 Å². The van der Waals surface area contributed by atoms with E-state index in [4.69, 9.17) is 23.7 Å². The van der Waals surface area contributed by atoms with Crippen LogP contribution in [0.4, 0.5) is 0 Å². The minimum absolute atomic E-state index is 0.0131. The number of benzene rings is 2. The van der Waals surface area contributed by atoms with Gasteiger partial charge in [0, 0.05) is 6.42 Å². The summed E-state index contributed by atoms with van der Waals surface area (Å²) in [5.41, 5.74) is 3.06. The van der Waals surface area contributed by atoms with Crippen molar-refractivity contribution >= 4 is 12.2 Å². The van der Waals surface area contributed by atoms with E-state index in [1.165, 1.54) is 0 Å². The van der Waals surface area contributed by atoms with E-state index in [2.05, 4.69) is 26.0 Å². The molecule has 0 aromatic heterocycles. The van der Waals surface area contributed by atoms with Crippen LogP contribution in [0.5, 0.6) is 23.0 Å². The van der Waals surface area contributed by atoms with Crippen LogP contribution < -0.4 is 18.9 Å². The fourth-order valence-corrected chi connectivity index (χ4v) is 3.90. The standard InChI is InChI=1S/C26H34O6/c1-6-20-11-10-18(13-21(20)31-25-12-7-17(2)24(16-27)32-25)8-9-19-14-22(28-3)26(30-5)23(15-19)29-4/h8-11,13-15,17,24-25,27H,6-7,12,16H2,1-5H3/b9-8-. The molecule has 1 fully saturated rings. The monoisotopic (exact) mass is 442 g/mol. The highest BCUT2D eigenvalue weighted by atomic mass is 16.7. The fourth-order valence-electron chi connectivity index (χ4n) is 3.90. The zero-order valence-electron chi connectivity index (χ0n) is 19.6. The van der Waals surface area contributed by atoms with Crippen molar-refractivity contribution in [2.24, 2.45) is 5.92 Å². The van der Waals surface area contributed by atoms with Crippen molar-refractivity contribution in [2.45, 2.75) is 45.5 Å². The molecule has 3 unspecified atom stereocenters. The predicted octanol–water partition coefficient (Wildman–Crippen LogP) is 4.96. The maximum Gasteiger partial charge on any atom is 0.203 e. The predicted molar refractivity (Wildman–Crippen MR) is 126 cm³/mol. The molecule has 1 aliphatic rings. The van der Waals surface area contributed by atoms with Gasteiger partial charge >= 0.3 is 0 Å². The molecule has 174 valence electrons. The van der Waals surface area contributed by atoms with Crippen LogP contribution in [0.15, 0.2) is 30.3 Å². The zero-order valence-corrected chi connectivity index (χ0v) is 19.6. The lowest BCUT2D eigenvalue weighted by Gasteiger charge is -2.34. The average Bonchev–Trinajstić information content (AvgIpc) is 2.83. The van der Waals surface area contributed by atoms with Crippen LogP contribution in [-0.2, 0) is 11.2 Å². The number of hydrogen-bond acceptors (Lipinski definition) is 6. The van der Waals surface area contributed by atoms with Gasteiger partial charge in [0.1, 0.15) is 5.75 Å². The topological polar surface area (TPSA) is 66.4 Å². The molecule has 1 N–H and O–H groups in total. The van der Waals surface area contributed by atoms with Gasteiger partial charge in [-0.15, -0.1) is 0 Å². The van der Waals surface area contributed by atoms with Gasteiger partial charge in [0.05, 0.1) is 34.0 Å². The normalized spacial score (nSPS) is 20.9. The zero-order chi connectivity index (χ0) is 23.1. The van der Waals surface area contributed by atoms with E-state index in [0.29, 0.717) is 23.2 Å². The third-order valence-electron chi connectivity index (χ3n) is 5.88. The van der Waals surface area contributed by atoms with Crippen LogP contribution in [0.25, 0.3) is 12.2 Å². The Labute approximate surface area is 190 Å². The summed E-state index contributed by atoms with van der Waals surface area (Å²) in [5.74, 6) is 2.94. The van der Waals surface area contributed by atoms with Crippen molar-refractivity contribution in [3.05, 3.63) is 47.0 Å². The summed E-state index contributed by atoms with van der Waals surface area (Å²) in [6.07, 6.45) is 6.14. The lowest BCUT2D eigenvalue weighted by molar-refractivity contribution is -0.176. The molecule has 1 heterocycles. The van der Waals surface area contributed by atoms with Crippen LogP contribution in [0.3, 0.4) is 0 Å². The quantitative estimate of drug-likeness (QED) is 0.554. The smallest absolute Gasteiger partial charge is 0.203 e. The molecule has 0 saturated carbocycles. The molecule has 2 aromatic rings. The lowest BCUT2D eigenvalue weighted by Crippen LogP contribution is -2.39. The Morgan fingerprint density at radius 2 is 1.59 bits per heavy atom. The van der Waals surface area contributed by atoms with Crippen molar-refractivity contribution in [2.75, 3.05) is 27.9 Å². The summed E-state index contributed by atoms with van der Waals surface area (Å²) in [4.78, 5) is 0. The molecule has 0 amide bonds. The molecule has 0 spiro atoms. The number of aryl methyl sites for hydroxylation is 1. The number of aliphatic hydroxyl groups is 1. The second-order valence-electron chi connectivity index (χ2n) is 7.97. The number of ether oxygens (including phenoxy) is 5. The van der Waals surface area contributed by atoms with Crippen molar-refractivity contribution in [1.29, 1.82) is 0 Å². The first-order valence-electron chi connectivity index (χ1n) is 11.1. The van der Waals surface area contributed by atoms with E-state index in [9.17, 15) is 5.11 Å². The molecule has 1 saturated heterocycles. The van der Waals surface area contributed by atoms with Crippen LogP contribution >= 0.6 is 0 Å². The first kappa shape index (κ1) is 24.0. The first-order chi connectivity index (χ1) is 15.5. The van der Waals surface area contributed by atoms with Crippen molar-refractivity contribution < 1.29 is 28.8 Å². The van der Waals surface area contributed by atoms with Gasteiger partial charge in [0.15, 0.2) is 17.8 Å². The van der Waals surface area contributed by atoms with Gasteiger partial charge in [0.2, 0.25) is 5.75 Å². The third kappa shape index (κ3) is 5.56. The summed E-state index contributed by atoms with van der Waals surface area (Å²) in [6.45, 7) is 4.22. The molecule has 32 heavy (non-hydrogen) atoms. The molecule has 3 rings (SSSR count). The summed E-state index contributed by atoms with van der Waals surface area (Å²) in [7, 11) is 4.80. The Bertz CT molecular complexity index is 898. The molecule has 2 aromatic carbocycles. The van der Waals surface area contributed by atoms with Gasteiger partial charge in [-0.3, -0.25) is 0 Å². The van der Waals surface area contributed by atoms with E-state index in [-0.39, 0.29) is 19.0 Å². The Kier molecular flexibility index (Phi) is 8.42. The molecule has 0 bridgehead atoms. The molecule has 1 aliphatic heterocycles. The van der Waals surface area contributed by atoms with Gasteiger partial charge in [-0.25, -0.2) is 0 Å². The molecule has 3 atom stereocenters. The highest BCUT2D eigenvalue weighted by Crippen LogP contribution is 2.38. The SMILES string of the molecule is CCc1ccc(/C=C\c2cc(OC)c(OC)c(OC)c2)cc1OC1CCC(C)C(CO)O1. The van der Waals surface area contributed by atoms with E-state index in [1.807, 2.05) is 30.4 Å². The van der Waals surface area contributed by atoms with Crippen LogP contribution in [0, 0.1) is 5.92 Å². The minimum Gasteiger partial charge on any atom is -0.493 e. The third-order valence-corrected chi connectivity index (χ3v) is 5.88. The molecule has 0 radical (unpaired) electrons. The lowest BCUT2D eigenvalue weighted by atomic mass is 9.96. The van der Waals surface area contributed by atoms with Gasteiger partial charge < -0.3 is 28.8 Å². The highest BCUT2D eigenvalue weighted by Gasteiger charge is 2.29. The Hall–Kier alpha value is -2.70. The maximum atomic E-state index is 9.56. The van der Waals surface area contributed by atoms with Crippen molar-refractivity contribution in [3.8, 4) is 23.0 Å². The Morgan fingerprint density at radius 1 is 0.938 bits per heavy atom. The second-order valence-corrected chi connectivity index (χ2v) is 7.97. The molecular weight excluding hydrogens is 408 g/mol. The number of rotatable bonds is 9. The van der Waals surface area contributed by atoms with Crippen molar-refractivity contribution in [3.63, 3.8) is 0 Å². The fraction of sp³-hybridized carbons (Fsp3) is 0.462. The van der Waals surface area contributed by atoms with Crippen LogP contribution in [0.2, 0.25) is 0 Å². The largest absolute Gasteiger partial charge is 0.493 e. The summed E-state index contributed by atoms with van der Waals surface area (Å²) < 4.78 is 28.5.